The molecule has 0 aromatic heterocycles. The summed E-state index contributed by atoms with van der Waals surface area (Å²) in [7, 11) is 0. The highest BCUT2D eigenvalue weighted by Crippen LogP contribution is 2.21. The lowest BCUT2D eigenvalue weighted by molar-refractivity contribution is 0.269. The lowest BCUT2D eigenvalue weighted by Crippen LogP contribution is -2.40. The van der Waals surface area contributed by atoms with Crippen molar-refractivity contribution in [3.63, 3.8) is 0 Å². The zero-order valence-corrected chi connectivity index (χ0v) is 10.1. The van der Waals surface area contributed by atoms with Crippen LogP contribution in [0.2, 0.25) is 0 Å². The van der Waals surface area contributed by atoms with Gasteiger partial charge < -0.3 is 5.32 Å². The third-order valence-electron chi connectivity index (χ3n) is 3.39. The van der Waals surface area contributed by atoms with E-state index in [0.717, 1.165) is 5.92 Å². The monoisotopic (exact) mass is 195 g/mol. The van der Waals surface area contributed by atoms with Crippen molar-refractivity contribution in [2.75, 3.05) is 6.54 Å². The summed E-state index contributed by atoms with van der Waals surface area (Å²) in [5.41, 5.74) is 0.379. The summed E-state index contributed by atoms with van der Waals surface area (Å²) >= 11 is 0. The fourth-order valence-electron chi connectivity index (χ4n) is 1.69. The number of nitrogens with one attached hydrogen (secondary N) is 1. The maximum absolute atomic E-state index is 3.66. The van der Waals surface area contributed by atoms with E-state index in [0.29, 0.717) is 11.5 Å². The minimum absolute atomic E-state index is 0.379. The van der Waals surface area contributed by atoms with Crippen molar-refractivity contribution in [1.82, 2.24) is 5.32 Å². The molecule has 14 heavy (non-hydrogen) atoms. The number of allylic oxidation sites excluding steroid dienone is 2. The van der Waals surface area contributed by atoms with E-state index in [2.05, 4.69) is 45.2 Å². The molecule has 1 rings (SSSR count). The summed E-state index contributed by atoms with van der Waals surface area (Å²) in [5.74, 6) is 0.866. The number of hydrogen-bond donors (Lipinski definition) is 1. The van der Waals surface area contributed by atoms with Crippen LogP contribution in [-0.4, -0.2) is 12.6 Å². The van der Waals surface area contributed by atoms with Crippen molar-refractivity contribution < 1.29 is 0 Å². The summed E-state index contributed by atoms with van der Waals surface area (Å²) in [6, 6.07) is 0.605. The maximum Gasteiger partial charge on any atom is 0.00873 e. The van der Waals surface area contributed by atoms with Gasteiger partial charge in [0.2, 0.25) is 0 Å². The summed E-state index contributed by atoms with van der Waals surface area (Å²) in [5, 5.41) is 3.66. The predicted octanol–water partition coefficient (Wildman–Crippen LogP) is 3.37. The van der Waals surface area contributed by atoms with E-state index in [1.807, 2.05) is 0 Å². The van der Waals surface area contributed by atoms with Crippen molar-refractivity contribution in [1.29, 1.82) is 0 Å². The predicted molar refractivity (Wildman–Crippen MR) is 63.4 cm³/mol. The Labute approximate surface area is 89.0 Å². The molecule has 0 saturated heterocycles. The van der Waals surface area contributed by atoms with Crippen LogP contribution in [0.25, 0.3) is 0 Å². The molecule has 0 bridgehead atoms. The lowest BCUT2D eigenvalue weighted by Gasteiger charge is -2.30. The Balaban J connectivity index is 2.23. The van der Waals surface area contributed by atoms with Crippen LogP contribution >= 0.6 is 0 Å². The zero-order valence-electron chi connectivity index (χ0n) is 10.1. The van der Waals surface area contributed by atoms with Crippen molar-refractivity contribution in [2.24, 2.45) is 11.3 Å². The molecule has 0 spiro atoms. The highest BCUT2D eigenvalue weighted by molar-refractivity contribution is 4.91. The molecule has 0 aromatic carbocycles. The van der Waals surface area contributed by atoms with Crippen molar-refractivity contribution in [3.8, 4) is 0 Å². The molecule has 1 aliphatic carbocycles. The van der Waals surface area contributed by atoms with Gasteiger partial charge in [-0.3, -0.25) is 0 Å². The van der Waals surface area contributed by atoms with Crippen molar-refractivity contribution in [2.45, 2.75) is 53.0 Å². The summed E-state index contributed by atoms with van der Waals surface area (Å²) < 4.78 is 0. The van der Waals surface area contributed by atoms with E-state index < -0.39 is 0 Å². The highest BCUT2D eigenvalue weighted by atomic mass is 14.9. The fraction of sp³-hybridized carbons (Fsp3) is 0.846. The second-order valence-corrected chi connectivity index (χ2v) is 5.65. The third kappa shape index (κ3) is 3.83. The smallest absolute Gasteiger partial charge is 0.00873 e. The molecule has 1 nitrogen and oxygen atoms in total. The lowest BCUT2D eigenvalue weighted by atomic mass is 9.87. The Morgan fingerprint density at radius 1 is 1.36 bits per heavy atom. The van der Waals surface area contributed by atoms with E-state index in [-0.39, 0.29) is 0 Å². The average Bonchev–Trinajstić information content (AvgIpc) is 2.14. The average molecular weight is 195 g/mol. The molecule has 0 aliphatic heterocycles. The molecule has 0 fully saturated rings. The Morgan fingerprint density at radius 2 is 2.07 bits per heavy atom. The van der Waals surface area contributed by atoms with E-state index in [1.165, 1.54) is 25.8 Å². The molecule has 0 radical (unpaired) electrons. The molecule has 0 amide bonds. The first kappa shape index (κ1) is 11.8. The Kier molecular flexibility index (Phi) is 4.18. The molecule has 2 atom stereocenters. The van der Waals surface area contributed by atoms with Crippen LogP contribution < -0.4 is 5.32 Å². The van der Waals surface area contributed by atoms with Gasteiger partial charge in [0.25, 0.3) is 0 Å². The SMILES string of the molecule is CC(NCC1CC=CCC1)C(C)(C)C. The first-order chi connectivity index (χ1) is 6.50. The van der Waals surface area contributed by atoms with Crippen LogP contribution in [0.5, 0.6) is 0 Å². The first-order valence-electron chi connectivity index (χ1n) is 5.88. The van der Waals surface area contributed by atoms with Crippen LogP contribution in [0.4, 0.5) is 0 Å². The van der Waals surface area contributed by atoms with E-state index in [1.54, 1.807) is 0 Å². The summed E-state index contributed by atoms with van der Waals surface area (Å²) in [6.45, 7) is 10.4. The topological polar surface area (TPSA) is 12.0 Å². The van der Waals surface area contributed by atoms with Gasteiger partial charge in [0.1, 0.15) is 0 Å². The molecular weight excluding hydrogens is 170 g/mol. The number of rotatable bonds is 3. The van der Waals surface area contributed by atoms with Crippen molar-refractivity contribution >= 4 is 0 Å². The van der Waals surface area contributed by atoms with E-state index in [9.17, 15) is 0 Å². The zero-order chi connectivity index (χ0) is 10.6. The first-order valence-corrected chi connectivity index (χ1v) is 5.88. The fourth-order valence-corrected chi connectivity index (χ4v) is 1.69. The molecule has 0 heterocycles. The molecule has 0 saturated carbocycles. The summed E-state index contributed by atoms with van der Waals surface area (Å²) in [6.07, 6.45) is 8.54. The minimum atomic E-state index is 0.379. The number of hydrogen-bond acceptors (Lipinski definition) is 1. The molecule has 82 valence electrons. The Bertz CT molecular complexity index is 188. The van der Waals surface area contributed by atoms with Gasteiger partial charge in [-0.15, -0.1) is 0 Å². The van der Waals surface area contributed by atoms with Gasteiger partial charge in [0, 0.05) is 6.04 Å². The van der Waals surface area contributed by atoms with Gasteiger partial charge >= 0.3 is 0 Å². The molecule has 1 N–H and O–H groups in total. The normalized spacial score (nSPS) is 25.0. The molecule has 1 heteroatoms. The quantitative estimate of drug-likeness (QED) is 0.681. The van der Waals surface area contributed by atoms with Gasteiger partial charge in [-0.05, 0) is 44.1 Å². The van der Waals surface area contributed by atoms with Gasteiger partial charge in [-0.2, -0.15) is 0 Å². The maximum atomic E-state index is 3.66. The second-order valence-electron chi connectivity index (χ2n) is 5.65. The molecule has 1 aliphatic rings. The van der Waals surface area contributed by atoms with Crippen LogP contribution in [-0.2, 0) is 0 Å². The van der Waals surface area contributed by atoms with E-state index in [4.69, 9.17) is 0 Å². The standard InChI is InChI=1S/C13H25N/c1-11(13(2,3)4)14-10-12-8-6-5-7-9-12/h5-6,11-12,14H,7-10H2,1-4H3. The summed E-state index contributed by atoms with van der Waals surface area (Å²) in [4.78, 5) is 0. The third-order valence-corrected chi connectivity index (χ3v) is 3.39. The van der Waals surface area contributed by atoms with Crippen molar-refractivity contribution in [3.05, 3.63) is 12.2 Å². The Morgan fingerprint density at radius 3 is 2.57 bits per heavy atom. The van der Waals surface area contributed by atoms with Gasteiger partial charge in [0.15, 0.2) is 0 Å². The highest BCUT2D eigenvalue weighted by Gasteiger charge is 2.20. The van der Waals surface area contributed by atoms with E-state index >= 15 is 0 Å². The minimum Gasteiger partial charge on any atom is -0.313 e. The van der Waals surface area contributed by atoms with Crippen LogP contribution in [0.3, 0.4) is 0 Å². The van der Waals surface area contributed by atoms with Crippen LogP contribution in [0.15, 0.2) is 12.2 Å². The Hall–Kier alpha value is -0.300. The van der Waals surface area contributed by atoms with Gasteiger partial charge in [0.05, 0.1) is 0 Å². The second kappa shape index (κ2) is 4.97. The molecular formula is C13H25N. The van der Waals surface area contributed by atoms with Gasteiger partial charge in [-0.25, -0.2) is 0 Å². The molecule has 2 unspecified atom stereocenters. The molecule has 0 aromatic rings. The van der Waals surface area contributed by atoms with Crippen LogP contribution in [0, 0.1) is 11.3 Å². The largest absolute Gasteiger partial charge is 0.313 e. The van der Waals surface area contributed by atoms with Gasteiger partial charge in [-0.1, -0.05) is 32.9 Å². The van der Waals surface area contributed by atoms with Crippen LogP contribution in [0.1, 0.15) is 47.0 Å².